The maximum atomic E-state index is 12.1. The molecule has 25 heavy (non-hydrogen) atoms. The molecule has 2 nitrogen and oxygen atoms in total. The average Bonchev–Trinajstić information content (AvgIpc) is 2.68. The van der Waals surface area contributed by atoms with Crippen molar-refractivity contribution in [2.45, 2.75) is 6.92 Å². The van der Waals surface area contributed by atoms with E-state index in [1.165, 1.54) is 0 Å². The van der Waals surface area contributed by atoms with Crippen LogP contribution < -0.4 is 15.9 Å². The summed E-state index contributed by atoms with van der Waals surface area (Å²) in [7, 11) is 0. The fourth-order valence-corrected chi connectivity index (χ4v) is 10.1. The van der Waals surface area contributed by atoms with Gasteiger partial charge in [-0.15, -0.1) is 0 Å². The molecule has 0 aromatic heterocycles. The summed E-state index contributed by atoms with van der Waals surface area (Å²) in [6.07, 6.45) is 0.899. The summed E-state index contributed by atoms with van der Waals surface area (Å²) in [5.41, 5.74) is 0. The van der Waals surface area contributed by atoms with E-state index in [9.17, 15) is 9.90 Å². The van der Waals surface area contributed by atoms with Crippen molar-refractivity contribution in [3.05, 3.63) is 91.0 Å². The van der Waals surface area contributed by atoms with Gasteiger partial charge in [-0.3, -0.25) is 0 Å². The van der Waals surface area contributed by atoms with E-state index in [2.05, 4.69) is 43.3 Å². The maximum absolute atomic E-state index is 12.1. The Balaban J connectivity index is 2.50. The van der Waals surface area contributed by atoms with Gasteiger partial charge in [0.2, 0.25) is 0 Å². The zero-order chi connectivity index (χ0) is 17.8. The second kappa shape index (κ2) is 6.82. The van der Waals surface area contributed by atoms with Crippen LogP contribution in [-0.4, -0.2) is 23.4 Å². The molecule has 0 saturated heterocycles. The Morgan fingerprint density at radius 2 is 1.04 bits per heavy atom. The molecule has 0 spiro atoms. The number of carboxylic acid groups (broad SMARTS) is 1. The SMILES string of the molecule is CCP(CC(=O)O)(c1ccccc1)(c1ccccc1)c1ccccc1. The second-order valence-corrected chi connectivity index (χ2v) is 11.9. The van der Waals surface area contributed by atoms with Crippen molar-refractivity contribution in [2.75, 3.05) is 12.3 Å². The van der Waals surface area contributed by atoms with Crippen LogP contribution in [0.5, 0.6) is 0 Å². The van der Waals surface area contributed by atoms with Gasteiger partial charge in [-0.05, 0) is 0 Å². The predicted molar refractivity (Wildman–Crippen MR) is 108 cm³/mol. The minimum atomic E-state index is -3.12. The van der Waals surface area contributed by atoms with Gasteiger partial charge in [-0.1, -0.05) is 0 Å². The number of carbonyl (C=O) groups is 1. The monoisotopic (exact) mass is 350 g/mol. The van der Waals surface area contributed by atoms with Crippen molar-refractivity contribution in [3.8, 4) is 0 Å². The second-order valence-electron chi connectivity index (χ2n) is 6.38. The van der Waals surface area contributed by atoms with Gasteiger partial charge in [0.05, 0.1) is 0 Å². The van der Waals surface area contributed by atoms with Crippen LogP contribution in [0.25, 0.3) is 0 Å². The van der Waals surface area contributed by atoms with Crippen molar-refractivity contribution < 1.29 is 9.90 Å². The van der Waals surface area contributed by atoms with Gasteiger partial charge in [0.25, 0.3) is 0 Å². The molecule has 0 amide bonds. The molecule has 0 bridgehead atoms. The Morgan fingerprint density at radius 3 is 1.28 bits per heavy atom. The van der Waals surface area contributed by atoms with Gasteiger partial charge in [0.15, 0.2) is 0 Å². The molecule has 0 saturated carbocycles. The third kappa shape index (κ3) is 2.67. The molecule has 0 aliphatic rings. The standard InChI is InChI=1S/C22H23O2P/c1-2-25(18-22(23)24,19-12-6-3-7-13-19,20-14-8-4-9-15-20)21-16-10-5-11-17-21/h3-17H,2,18H2,1H3,(H,23,24). The first-order chi connectivity index (χ1) is 12.1. The van der Waals surface area contributed by atoms with Crippen molar-refractivity contribution in [1.29, 1.82) is 0 Å². The minimum absolute atomic E-state index is 0.125. The summed E-state index contributed by atoms with van der Waals surface area (Å²) < 4.78 is 0. The first-order valence-electron chi connectivity index (χ1n) is 8.52. The van der Waals surface area contributed by atoms with Crippen molar-refractivity contribution >= 4 is 28.5 Å². The Kier molecular flexibility index (Phi) is 4.74. The van der Waals surface area contributed by atoms with Crippen LogP contribution in [0, 0.1) is 0 Å². The van der Waals surface area contributed by atoms with E-state index in [0.29, 0.717) is 0 Å². The van der Waals surface area contributed by atoms with Gasteiger partial charge < -0.3 is 0 Å². The van der Waals surface area contributed by atoms with Crippen molar-refractivity contribution in [2.24, 2.45) is 0 Å². The Morgan fingerprint density at radius 1 is 0.720 bits per heavy atom. The third-order valence-electron chi connectivity index (χ3n) is 5.32. The molecule has 0 radical (unpaired) electrons. The molecule has 3 heteroatoms. The summed E-state index contributed by atoms with van der Waals surface area (Å²) in [5, 5.41) is 13.4. The summed E-state index contributed by atoms with van der Waals surface area (Å²) in [5.74, 6) is -0.754. The fourth-order valence-electron chi connectivity index (χ4n) is 4.04. The third-order valence-corrected chi connectivity index (χ3v) is 12.3. The molecule has 0 heterocycles. The summed E-state index contributed by atoms with van der Waals surface area (Å²) in [6.45, 7) is -0.988. The topological polar surface area (TPSA) is 37.3 Å². The number of rotatable bonds is 6. The molecular formula is C22H23O2P. The van der Waals surface area contributed by atoms with E-state index >= 15 is 0 Å². The summed E-state index contributed by atoms with van der Waals surface area (Å²) in [4.78, 5) is 12.1. The van der Waals surface area contributed by atoms with Crippen LogP contribution >= 0.6 is 6.60 Å². The Labute approximate surface area is 149 Å². The van der Waals surface area contributed by atoms with E-state index < -0.39 is 12.6 Å². The molecule has 1 N–H and O–H groups in total. The Bertz CT molecular complexity index is 746. The average molecular weight is 350 g/mol. The van der Waals surface area contributed by atoms with E-state index in [1.54, 1.807) is 0 Å². The van der Waals surface area contributed by atoms with Crippen LogP contribution in [-0.2, 0) is 4.79 Å². The van der Waals surface area contributed by atoms with E-state index in [4.69, 9.17) is 0 Å². The van der Waals surface area contributed by atoms with E-state index in [0.717, 1.165) is 22.1 Å². The molecule has 0 atom stereocenters. The van der Waals surface area contributed by atoms with E-state index in [1.807, 2.05) is 54.6 Å². The zero-order valence-electron chi connectivity index (χ0n) is 14.4. The first-order valence-corrected chi connectivity index (χ1v) is 11.1. The van der Waals surface area contributed by atoms with Crippen LogP contribution in [0.3, 0.4) is 0 Å². The number of hydrogen-bond donors (Lipinski definition) is 1. The quantitative estimate of drug-likeness (QED) is 0.690. The van der Waals surface area contributed by atoms with Gasteiger partial charge >= 0.3 is 149 Å². The number of benzene rings is 3. The first kappa shape index (κ1) is 17.4. The predicted octanol–water partition coefficient (Wildman–Crippen LogP) is 3.62. The number of carboxylic acids is 1. The van der Waals surface area contributed by atoms with Crippen LogP contribution in [0.2, 0.25) is 0 Å². The molecule has 128 valence electrons. The summed E-state index contributed by atoms with van der Waals surface area (Å²) in [6, 6.07) is 30.7. The normalized spacial score (nSPS) is 12.9. The molecule has 0 aliphatic carbocycles. The van der Waals surface area contributed by atoms with Gasteiger partial charge in [0, 0.05) is 0 Å². The molecule has 3 aromatic rings. The molecule has 0 fully saturated rings. The number of hydrogen-bond acceptors (Lipinski definition) is 1. The van der Waals surface area contributed by atoms with Gasteiger partial charge in [-0.2, -0.15) is 0 Å². The van der Waals surface area contributed by atoms with Crippen LogP contribution in [0.4, 0.5) is 0 Å². The van der Waals surface area contributed by atoms with E-state index in [-0.39, 0.29) is 6.16 Å². The molecule has 3 aromatic carbocycles. The van der Waals surface area contributed by atoms with Crippen molar-refractivity contribution in [3.63, 3.8) is 0 Å². The van der Waals surface area contributed by atoms with Crippen molar-refractivity contribution in [1.82, 2.24) is 0 Å². The fraction of sp³-hybridized carbons (Fsp3) is 0.136. The number of aliphatic carboxylic acids is 1. The van der Waals surface area contributed by atoms with Gasteiger partial charge in [-0.25, -0.2) is 0 Å². The molecule has 0 unspecified atom stereocenters. The molecule has 0 aliphatic heterocycles. The van der Waals surface area contributed by atoms with Crippen LogP contribution in [0.1, 0.15) is 6.92 Å². The summed E-state index contributed by atoms with van der Waals surface area (Å²) >= 11 is 0. The molecule has 3 rings (SSSR count). The Hall–Kier alpha value is -2.44. The zero-order valence-corrected chi connectivity index (χ0v) is 15.3. The van der Waals surface area contributed by atoms with Gasteiger partial charge in [0.1, 0.15) is 0 Å². The van der Waals surface area contributed by atoms with Crippen LogP contribution in [0.15, 0.2) is 91.0 Å². The molecular weight excluding hydrogens is 327 g/mol.